The van der Waals surface area contributed by atoms with E-state index in [-0.39, 0.29) is 0 Å². The normalized spacial score (nSPS) is 11.7. The molecular weight excluding hydrogens is 917 g/mol. The van der Waals surface area contributed by atoms with Crippen molar-refractivity contribution in [1.82, 2.24) is 0 Å². The van der Waals surface area contributed by atoms with E-state index in [1.54, 1.807) is 0 Å². The molecule has 0 heterocycles. The Morgan fingerprint density at radius 3 is 0.921 bits per heavy atom. The highest BCUT2D eigenvalue weighted by Gasteiger charge is 2.24. The third-order valence-corrected chi connectivity index (χ3v) is 15.7. The fourth-order valence-electron chi connectivity index (χ4n) is 12.2. The fourth-order valence-corrected chi connectivity index (χ4v) is 12.2. The quantitative estimate of drug-likeness (QED) is 0.111. The average Bonchev–Trinajstić information content (AvgIpc) is 3.57. The van der Waals surface area contributed by atoms with Gasteiger partial charge in [-0.3, -0.25) is 0 Å². The predicted molar refractivity (Wildman–Crippen MR) is 327 cm³/mol. The number of nitrogens with zero attached hydrogens (tertiary/aromatic N) is 2. The third-order valence-electron chi connectivity index (χ3n) is 15.7. The molecule has 0 atom stereocenters. The van der Waals surface area contributed by atoms with Crippen molar-refractivity contribution in [3.05, 3.63) is 291 Å². The van der Waals surface area contributed by atoms with E-state index in [1.807, 2.05) is 0 Å². The summed E-state index contributed by atoms with van der Waals surface area (Å²) in [5, 5.41) is 19.4. The second kappa shape index (κ2) is 17.9. The molecule has 0 saturated heterocycles. The van der Waals surface area contributed by atoms with Gasteiger partial charge in [-0.15, -0.1) is 0 Å². The van der Waals surface area contributed by atoms with Crippen molar-refractivity contribution >= 4 is 120 Å². The fraction of sp³-hybridized carbons (Fsp3) is 0. The van der Waals surface area contributed by atoms with Crippen molar-refractivity contribution in [2.45, 2.75) is 0 Å². The molecule has 0 aliphatic carbocycles. The Balaban J connectivity index is 1.09. The van der Waals surface area contributed by atoms with Crippen LogP contribution < -0.4 is 9.80 Å². The first-order valence-electron chi connectivity index (χ1n) is 26.2. The standard InChI is InChI=1S/C74H48N2/c1-3-23-57(24-4-1)75(71-31-15-21-49-17-9-13-29-63(49)71)59-41-43-65-69(47-59)73(55-39-37-53-35-33-51-19-7-11-27-61(51)67(53)45-55)66-44-42-60(76(58-25-5-2-6-26-58)72-32-16-22-50-18-10-14-30-64(50)72)48-70(66)74(65)56-40-38-54-36-34-52-20-8-12-28-62(52)68(54)46-56/h1-48H. The maximum Gasteiger partial charge on any atom is 0.0540 e. The van der Waals surface area contributed by atoms with Crippen LogP contribution in [0.5, 0.6) is 0 Å². The van der Waals surface area contributed by atoms with Crippen molar-refractivity contribution in [2.24, 2.45) is 0 Å². The first-order chi connectivity index (χ1) is 37.7. The largest absolute Gasteiger partial charge is 0.310 e. The lowest BCUT2D eigenvalue weighted by molar-refractivity contribution is 1.30. The molecular formula is C74H48N2. The lowest BCUT2D eigenvalue weighted by Crippen LogP contribution is -2.11. The predicted octanol–water partition coefficient (Wildman–Crippen LogP) is 21.2. The minimum atomic E-state index is 1.08. The third kappa shape index (κ3) is 7.18. The molecule has 15 aromatic carbocycles. The van der Waals surface area contributed by atoms with Gasteiger partial charge in [-0.2, -0.15) is 0 Å². The van der Waals surface area contributed by atoms with Gasteiger partial charge in [-0.1, -0.05) is 218 Å². The van der Waals surface area contributed by atoms with E-state index in [1.165, 1.54) is 108 Å². The van der Waals surface area contributed by atoms with Gasteiger partial charge in [0.15, 0.2) is 0 Å². The minimum Gasteiger partial charge on any atom is -0.310 e. The topological polar surface area (TPSA) is 6.48 Å². The summed E-state index contributed by atoms with van der Waals surface area (Å²) in [6.45, 7) is 0. The van der Waals surface area contributed by atoms with E-state index >= 15 is 0 Å². The first kappa shape index (κ1) is 43.6. The van der Waals surface area contributed by atoms with Gasteiger partial charge in [0.2, 0.25) is 0 Å². The van der Waals surface area contributed by atoms with Gasteiger partial charge >= 0.3 is 0 Å². The van der Waals surface area contributed by atoms with Crippen LogP contribution in [0.4, 0.5) is 34.1 Å². The number of para-hydroxylation sites is 2. The highest BCUT2D eigenvalue weighted by molar-refractivity contribution is 6.24. The van der Waals surface area contributed by atoms with Gasteiger partial charge in [0.05, 0.1) is 11.4 Å². The molecule has 0 saturated carbocycles. The van der Waals surface area contributed by atoms with Crippen LogP contribution >= 0.6 is 0 Å². The highest BCUT2D eigenvalue weighted by atomic mass is 15.1. The summed E-state index contributed by atoms with van der Waals surface area (Å²) in [6, 6.07) is 108. The smallest absolute Gasteiger partial charge is 0.0540 e. The molecule has 0 aromatic heterocycles. The molecule has 0 aliphatic rings. The SMILES string of the molecule is c1ccc(N(c2ccc3c(-c4ccc5ccc6ccccc6c5c4)c4cc(N(c5ccccc5)c5cccc6ccccc56)ccc4c(-c4ccc5ccc6ccccc6c5c4)c3c2)c2cccc3ccccc23)cc1. The van der Waals surface area contributed by atoms with Crippen molar-refractivity contribution in [2.75, 3.05) is 9.80 Å². The second-order valence-corrected chi connectivity index (χ2v) is 20.0. The van der Waals surface area contributed by atoms with E-state index in [2.05, 4.69) is 301 Å². The maximum absolute atomic E-state index is 2.46. The maximum atomic E-state index is 2.46. The number of rotatable bonds is 8. The summed E-state index contributed by atoms with van der Waals surface area (Å²) in [5.74, 6) is 0. The molecule has 0 fully saturated rings. The van der Waals surface area contributed by atoms with Crippen molar-refractivity contribution in [1.29, 1.82) is 0 Å². The number of hydrogen-bond acceptors (Lipinski definition) is 2. The molecule has 0 amide bonds. The molecule has 2 nitrogen and oxygen atoms in total. The highest BCUT2D eigenvalue weighted by Crippen LogP contribution is 2.50. The molecule has 76 heavy (non-hydrogen) atoms. The van der Waals surface area contributed by atoms with Crippen LogP contribution in [-0.4, -0.2) is 0 Å². The van der Waals surface area contributed by atoms with Crippen LogP contribution in [0, 0.1) is 0 Å². The molecule has 354 valence electrons. The van der Waals surface area contributed by atoms with Crippen LogP contribution in [0.15, 0.2) is 291 Å². The molecule has 0 aliphatic heterocycles. The Kier molecular flexibility index (Phi) is 10.2. The van der Waals surface area contributed by atoms with Crippen LogP contribution in [0.25, 0.3) is 108 Å². The Morgan fingerprint density at radius 2 is 0.500 bits per heavy atom. The summed E-state index contributed by atoms with van der Waals surface area (Å²) in [5.41, 5.74) is 11.4. The molecule has 0 spiro atoms. The monoisotopic (exact) mass is 964 g/mol. The Hall–Kier alpha value is -10.0. The molecule has 0 radical (unpaired) electrons. The molecule has 0 N–H and O–H groups in total. The lowest BCUT2D eigenvalue weighted by Gasteiger charge is -2.29. The second-order valence-electron chi connectivity index (χ2n) is 20.0. The molecule has 15 aromatic rings. The number of anilines is 6. The van der Waals surface area contributed by atoms with Gasteiger partial charge in [-0.05, 0) is 170 Å². The Bertz CT molecular complexity index is 4460. The van der Waals surface area contributed by atoms with Crippen LogP contribution in [-0.2, 0) is 0 Å². The average molecular weight is 965 g/mol. The number of fused-ring (bicyclic) bond motifs is 10. The summed E-state index contributed by atoms with van der Waals surface area (Å²) in [6.07, 6.45) is 0. The molecule has 2 heteroatoms. The van der Waals surface area contributed by atoms with Crippen molar-refractivity contribution in [3.63, 3.8) is 0 Å². The van der Waals surface area contributed by atoms with Crippen molar-refractivity contribution in [3.8, 4) is 22.3 Å². The lowest BCUT2D eigenvalue weighted by atomic mass is 9.84. The Labute approximate surface area is 441 Å². The van der Waals surface area contributed by atoms with Crippen LogP contribution in [0.1, 0.15) is 0 Å². The zero-order valence-electron chi connectivity index (χ0n) is 41.6. The zero-order chi connectivity index (χ0) is 50.1. The summed E-state index contributed by atoms with van der Waals surface area (Å²) < 4.78 is 0. The molecule has 15 rings (SSSR count). The van der Waals surface area contributed by atoms with E-state index in [4.69, 9.17) is 0 Å². The number of hydrogen-bond donors (Lipinski definition) is 0. The number of benzene rings is 15. The summed E-state index contributed by atoms with van der Waals surface area (Å²) in [4.78, 5) is 4.88. The Morgan fingerprint density at radius 1 is 0.171 bits per heavy atom. The van der Waals surface area contributed by atoms with E-state index < -0.39 is 0 Å². The van der Waals surface area contributed by atoms with Gasteiger partial charge in [0.1, 0.15) is 0 Å². The van der Waals surface area contributed by atoms with Gasteiger partial charge < -0.3 is 9.80 Å². The van der Waals surface area contributed by atoms with Gasteiger partial charge in [0.25, 0.3) is 0 Å². The van der Waals surface area contributed by atoms with Crippen molar-refractivity contribution < 1.29 is 0 Å². The van der Waals surface area contributed by atoms with Gasteiger partial charge in [0, 0.05) is 33.5 Å². The minimum absolute atomic E-state index is 1.08. The van der Waals surface area contributed by atoms with Crippen LogP contribution in [0.2, 0.25) is 0 Å². The molecule has 0 unspecified atom stereocenters. The van der Waals surface area contributed by atoms with Crippen LogP contribution in [0.3, 0.4) is 0 Å². The van der Waals surface area contributed by atoms with E-state index in [0.717, 1.165) is 34.1 Å². The molecule has 0 bridgehead atoms. The summed E-state index contributed by atoms with van der Waals surface area (Å²) in [7, 11) is 0. The first-order valence-corrected chi connectivity index (χ1v) is 26.2. The van der Waals surface area contributed by atoms with E-state index in [9.17, 15) is 0 Å². The van der Waals surface area contributed by atoms with E-state index in [0.29, 0.717) is 0 Å². The zero-order valence-corrected chi connectivity index (χ0v) is 41.6. The summed E-state index contributed by atoms with van der Waals surface area (Å²) >= 11 is 0. The van der Waals surface area contributed by atoms with Gasteiger partial charge in [-0.25, -0.2) is 0 Å².